The van der Waals surface area contributed by atoms with Gasteiger partial charge in [0.15, 0.2) is 5.96 Å². The first-order chi connectivity index (χ1) is 12.7. The number of alkyl halides is 3. The van der Waals surface area contributed by atoms with Crippen molar-refractivity contribution in [3.8, 4) is 0 Å². The molecule has 0 radical (unpaired) electrons. The molecular weight excluding hydrogens is 385 g/mol. The van der Waals surface area contributed by atoms with Crippen LogP contribution < -0.4 is 10.6 Å². The van der Waals surface area contributed by atoms with Crippen LogP contribution in [-0.2, 0) is 14.8 Å². The Balaban J connectivity index is 1.60. The van der Waals surface area contributed by atoms with Gasteiger partial charge in [-0.2, -0.15) is 17.5 Å². The Morgan fingerprint density at radius 2 is 1.81 bits per heavy atom. The third kappa shape index (κ3) is 7.11. The number of halogens is 3. The topological polar surface area (TPSA) is 83.0 Å². The van der Waals surface area contributed by atoms with Gasteiger partial charge in [-0.1, -0.05) is 0 Å². The van der Waals surface area contributed by atoms with Gasteiger partial charge in [-0.3, -0.25) is 4.99 Å². The SMILES string of the molecule is CN=C(NCCCOCC1CC1)NCC1CCN(S(=O)(=O)C(F)(F)F)CC1. The Kier molecular flexibility index (Phi) is 8.17. The predicted octanol–water partition coefficient (Wildman–Crippen LogP) is 1.53. The lowest BCUT2D eigenvalue weighted by Crippen LogP contribution is -2.47. The first kappa shape index (κ1) is 22.2. The van der Waals surface area contributed by atoms with Crippen molar-refractivity contribution in [1.82, 2.24) is 14.9 Å². The molecule has 2 aliphatic rings. The van der Waals surface area contributed by atoms with Crippen molar-refractivity contribution >= 4 is 16.0 Å². The van der Waals surface area contributed by atoms with Crippen LogP contribution in [0.2, 0.25) is 0 Å². The molecule has 0 atom stereocenters. The number of rotatable bonds is 9. The minimum absolute atomic E-state index is 0.102. The van der Waals surface area contributed by atoms with Crippen molar-refractivity contribution in [1.29, 1.82) is 0 Å². The number of sulfonamides is 1. The number of piperidine rings is 1. The van der Waals surface area contributed by atoms with Gasteiger partial charge in [-0.15, -0.1) is 0 Å². The Morgan fingerprint density at radius 1 is 1.15 bits per heavy atom. The second-order valence-corrected chi connectivity index (χ2v) is 8.97. The molecule has 2 rings (SSSR count). The van der Waals surface area contributed by atoms with Crippen LogP contribution in [0.15, 0.2) is 4.99 Å². The zero-order valence-electron chi connectivity index (χ0n) is 15.6. The van der Waals surface area contributed by atoms with E-state index >= 15 is 0 Å². The Labute approximate surface area is 158 Å². The number of nitrogens with one attached hydrogen (secondary N) is 2. The maximum absolute atomic E-state index is 12.6. The molecule has 1 aliphatic heterocycles. The fraction of sp³-hybridized carbons (Fsp3) is 0.938. The van der Waals surface area contributed by atoms with Crippen molar-refractivity contribution in [2.45, 2.75) is 37.6 Å². The molecule has 11 heteroatoms. The summed E-state index contributed by atoms with van der Waals surface area (Å²) in [6, 6.07) is 0. The first-order valence-corrected chi connectivity index (χ1v) is 10.8. The van der Waals surface area contributed by atoms with Crippen LogP contribution in [0.4, 0.5) is 13.2 Å². The van der Waals surface area contributed by atoms with Crippen molar-refractivity contribution in [3.63, 3.8) is 0 Å². The molecule has 0 aromatic carbocycles. The number of aliphatic imine (C=N–C) groups is 1. The van der Waals surface area contributed by atoms with Crippen LogP contribution in [-0.4, -0.2) is 70.6 Å². The third-order valence-corrected chi connectivity index (χ3v) is 6.43. The molecule has 2 N–H and O–H groups in total. The summed E-state index contributed by atoms with van der Waals surface area (Å²) in [4.78, 5) is 4.11. The molecule has 0 bridgehead atoms. The van der Waals surface area contributed by atoms with E-state index in [0.29, 0.717) is 42.8 Å². The third-order valence-electron chi connectivity index (χ3n) is 4.80. The van der Waals surface area contributed by atoms with Gasteiger partial charge in [0.05, 0.1) is 0 Å². The van der Waals surface area contributed by atoms with E-state index < -0.39 is 15.5 Å². The molecular formula is C16H29F3N4O3S. The predicted molar refractivity (Wildman–Crippen MR) is 96.8 cm³/mol. The van der Waals surface area contributed by atoms with Gasteiger partial charge in [0, 0.05) is 46.4 Å². The van der Waals surface area contributed by atoms with Gasteiger partial charge in [0.1, 0.15) is 0 Å². The van der Waals surface area contributed by atoms with E-state index in [1.807, 2.05) is 0 Å². The Hall–Kier alpha value is -1.07. The fourth-order valence-electron chi connectivity index (χ4n) is 2.88. The Bertz CT molecular complexity index is 586. The van der Waals surface area contributed by atoms with Crippen molar-refractivity contribution in [2.24, 2.45) is 16.8 Å². The molecule has 2 fully saturated rings. The van der Waals surface area contributed by atoms with E-state index in [-0.39, 0.29) is 19.0 Å². The van der Waals surface area contributed by atoms with E-state index in [2.05, 4.69) is 15.6 Å². The van der Waals surface area contributed by atoms with Crippen LogP contribution in [0.5, 0.6) is 0 Å². The van der Waals surface area contributed by atoms with Crippen molar-refractivity contribution in [2.75, 3.05) is 46.4 Å². The van der Waals surface area contributed by atoms with E-state index in [9.17, 15) is 21.6 Å². The second kappa shape index (κ2) is 9.92. The number of ether oxygens (including phenoxy) is 1. The minimum Gasteiger partial charge on any atom is -0.381 e. The smallest absolute Gasteiger partial charge is 0.381 e. The van der Waals surface area contributed by atoms with Crippen molar-refractivity contribution in [3.05, 3.63) is 0 Å². The van der Waals surface area contributed by atoms with Gasteiger partial charge in [-0.05, 0) is 43.9 Å². The molecule has 0 spiro atoms. The molecule has 7 nitrogen and oxygen atoms in total. The zero-order chi connectivity index (χ0) is 19.9. The molecule has 0 amide bonds. The molecule has 158 valence electrons. The quantitative estimate of drug-likeness (QED) is 0.340. The van der Waals surface area contributed by atoms with Gasteiger partial charge < -0.3 is 15.4 Å². The zero-order valence-corrected chi connectivity index (χ0v) is 16.4. The average molecular weight is 414 g/mol. The molecule has 0 aromatic rings. The summed E-state index contributed by atoms with van der Waals surface area (Å²) in [5, 5.41) is 6.32. The van der Waals surface area contributed by atoms with E-state index in [1.54, 1.807) is 7.05 Å². The molecule has 1 heterocycles. The first-order valence-electron chi connectivity index (χ1n) is 9.32. The fourth-order valence-corrected chi connectivity index (χ4v) is 3.86. The van der Waals surface area contributed by atoms with Gasteiger partial charge >= 0.3 is 15.5 Å². The summed E-state index contributed by atoms with van der Waals surface area (Å²) in [6.07, 6.45) is 4.18. The van der Waals surface area contributed by atoms with Gasteiger partial charge in [-0.25, -0.2) is 8.42 Å². The van der Waals surface area contributed by atoms with Crippen molar-refractivity contribution < 1.29 is 26.3 Å². The molecule has 0 aromatic heterocycles. The highest BCUT2D eigenvalue weighted by atomic mass is 32.2. The lowest BCUT2D eigenvalue weighted by molar-refractivity contribution is -0.0496. The van der Waals surface area contributed by atoms with E-state index in [1.165, 1.54) is 12.8 Å². The van der Waals surface area contributed by atoms with Crippen LogP contribution >= 0.6 is 0 Å². The monoisotopic (exact) mass is 414 g/mol. The van der Waals surface area contributed by atoms with Crippen LogP contribution in [0.25, 0.3) is 0 Å². The minimum atomic E-state index is -5.23. The Morgan fingerprint density at radius 3 is 2.37 bits per heavy atom. The lowest BCUT2D eigenvalue weighted by Gasteiger charge is -2.31. The molecule has 1 saturated heterocycles. The highest BCUT2D eigenvalue weighted by Gasteiger charge is 2.50. The highest BCUT2D eigenvalue weighted by molar-refractivity contribution is 7.90. The van der Waals surface area contributed by atoms with Crippen LogP contribution in [0.1, 0.15) is 32.1 Å². The highest BCUT2D eigenvalue weighted by Crippen LogP contribution is 2.30. The van der Waals surface area contributed by atoms with E-state index in [4.69, 9.17) is 4.74 Å². The summed E-state index contributed by atoms with van der Waals surface area (Å²) >= 11 is 0. The number of guanidine groups is 1. The molecule has 0 unspecified atom stereocenters. The molecule has 1 saturated carbocycles. The standard InChI is InChI=1S/C16H29F3N4O3S/c1-20-15(21-7-2-10-26-12-14-3-4-14)22-11-13-5-8-23(9-6-13)27(24,25)16(17,18)19/h13-14H,2-12H2,1H3,(H2,20,21,22). The summed E-state index contributed by atoms with van der Waals surface area (Å²) in [5.41, 5.74) is -5.23. The average Bonchev–Trinajstić information content (AvgIpc) is 3.44. The number of nitrogens with zero attached hydrogens (tertiary/aromatic N) is 2. The maximum Gasteiger partial charge on any atom is 0.511 e. The second-order valence-electron chi connectivity index (χ2n) is 7.04. The van der Waals surface area contributed by atoms with Gasteiger partial charge in [0.25, 0.3) is 0 Å². The van der Waals surface area contributed by atoms with Crippen LogP contribution in [0.3, 0.4) is 0 Å². The largest absolute Gasteiger partial charge is 0.511 e. The summed E-state index contributed by atoms with van der Waals surface area (Å²) < 4.78 is 66.6. The molecule has 1 aliphatic carbocycles. The maximum atomic E-state index is 12.6. The number of hydrogen-bond donors (Lipinski definition) is 2. The summed E-state index contributed by atoms with van der Waals surface area (Å²) in [5.74, 6) is 1.48. The number of hydrogen-bond acceptors (Lipinski definition) is 4. The summed E-state index contributed by atoms with van der Waals surface area (Å²) in [7, 11) is -3.56. The normalized spacial score (nSPS) is 20.7. The lowest BCUT2D eigenvalue weighted by atomic mass is 9.98. The summed E-state index contributed by atoms with van der Waals surface area (Å²) in [6.45, 7) is 2.57. The van der Waals surface area contributed by atoms with Gasteiger partial charge in [0.2, 0.25) is 0 Å². The van der Waals surface area contributed by atoms with Crippen LogP contribution in [0, 0.1) is 11.8 Å². The van der Waals surface area contributed by atoms with E-state index in [0.717, 1.165) is 18.9 Å². The molecule has 27 heavy (non-hydrogen) atoms.